The Labute approximate surface area is 178 Å². The van der Waals surface area contributed by atoms with Crippen molar-refractivity contribution in [2.75, 3.05) is 52.3 Å². The van der Waals surface area contributed by atoms with Crippen LogP contribution in [0.5, 0.6) is 0 Å². The van der Waals surface area contributed by atoms with Gasteiger partial charge < -0.3 is 29.0 Å². The predicted octanol–water partition coefficient (Wildman–Crippen LogP) is -0.168. The second-order valence-corrected chi connectivity index (χ2v) is 6.99. The first-order valence-corrected chi connectivity index (χ1v) is 9.69. The van der Waals surface area contributed by atoms with E-state index in [1.807, 2.05) is 0 Å². The van der Waals surface area contributed by atoms with Gasteiger partial charge in [-0.05, 0) is 30.3 Å². The van der Waals surface area contributed by atoms with Crippen molar-refractivity contribution in [2.24, 2.45) is 0 Å². The standard InChI is InChI=1S/C21H23N3O7/c1-29-20(27)14-5-6-15(21(28)30-2)16(12-14)22-18(25)13-23-7-9-24(10-8-23)19(26)17-4-3-11-31-17/h3-6,11-12H,7-10,13H2,1-2H3,(H,22,25)/p+1. The second-order valence-electron chi connectivity index (χ2n) is 6.99. The number of piperazine rings is 1. The molecule has 1 aliphatic heterocycles. The highest BCUT2D eigenvalue weighted by Gasteiger charge is 2.27. The monoisotopic (exact) mass is 430 g/mol. The molecule has 0 bridgehead atoms. The van der Waals surface area contributed by atoms with Gasteiger partial charge in [0, 0.05) is 0 Å². The van der Waals surface area contributed by atoms with Gasteiger partial charge in [0.25, 0.3) is 11.8 Å². The summed E-state index contributed by atoms with van der Waals surface area (Å²) in [4.78, 5) is 51.4. The van der Waals surface area contributed by atoms with Crippen molar-refractivity contribution in [3.05, 3.63) is 53.5 Å². The largest absolute Gasteiger partial charge is 0.465 e. The molecule has 2 aromatic rings. The van der Waals surface area contributed by atoms with Crippen LogP contribution in [0.2, 0.25) is 0 Å². The van der Waals surface area contributed by atoms with Gasteiger partial charge in [-0.3, -0.25) is 9.59 Å². The van der Waals surface area contributed by atoms with Crippen LogP contribution in [0.4, 0.5) is 5.69 Å². The van der Waals surface area contributed by atoms with Crippen LogP contribution in [0.15, 0.2) is 41.0 Å². The quantitative estimate of drug-likeness (QED) is 0.611. The summed E-state index contributed by atoms with van der Waals surface area (Å²) >= 11 is 0. The topological polar surface area (TPSA) is 120 Å². The van der Waals surface area contributed by atoms with Crippen LogP contribution in [0.1, 0.15) is 31.3 Å². The van der Waals surface area contributed by atoms with E-state index in [1.165, 1.54) is 38.7 Å². The Morgan fingerprint density at radius 2 is 1.77 bits per heavy atom. The summed E-state index contributed by atoms with van der Waals surface area (Å²) in [6, 6.07) is 7.49. The molecular weight excluding hydrogens is 406 g/mol. The number of ether oxygens (including phenoxy) is 2. The molecule has 31 heavy (non-hydrogen) atoms. The highest BCUT2D eigenvalue weighted by atomic mass is 16.5. The molecular formula is C21H24N3O7+. The summed E-state index contributed by atoms with van der Waals surface area (Å²) in [6.07, 6.45) is 1.46. The molecule has 10 heteroatoms. The van der Waals surface area contributed by atoms with Crippen LogP contribution in [-0.4, -0.2) is 75.6 Å². The fraction of sp³-hybridized carbons (Fsp3) is 0.333. The molecule has 1 fully saturated rings. The fourth-order valence-electron chi connectivity index (χ4n) is 3.36. The number of quaternary nitrogens is 1. The van der Waals surface area contributed by atoms with E-state index in [1.54, 1.807) is 17.0 Å². The number of esters is 2. The van der Waals surface area contributed by atoms with Gasteiger partial charge in [0.1, 0.15) is 0 Å². The summed E-state index contributed by atoms with van der Waals surface area (Å²) in [7, 11) is 2.48. The molecule has 3 rings (SSSR count). The summed E-state index contributed by atoms with van der Waals surface area (Å²) in [6.45, 7) is 2.31. The Balaban J connectivity index is 1.61. The molecule has 1 aromatic carbocycles. The van der Waals surface area contributed by atoms with E-state index < -0.39 is 11.9 Å². The van der Waals surface area contributed by atoms with Crippen molar-refractivity contribution in [2.45, 2.75) is 0 Å². The molecule has 0 spiro atoms. The molecule has 2 heterocycles. The number of carbonyl (C=O) groups excluding carboxylic acids is 4. The lowest BCUT2D eigenvalue weighted by Gasteiger charge is -2.31. The Kier molecular flexibility index (Phi) is 7.03. The molecule has 1 aliphatic rings. The smallest absolute Gasteiger partial charge is 0.339 e. The van der Waals surface area contributed by atoms with Crippen LogP contribution in [0.3, 0.4) is 0 Å². The van der Waals surface area contributed by atoms with Gasteiger partial charge in [-0.25, -0.2) is 9.59 Å². The molecule has 0 aliphatic carbocycles. The first-order valence-electron chi connectivity index (χ1n) is 9.69. The maximum atomic E-state index is 12.6. The van der Waals surface area contributed by atoms with E-state index in [0.29, 0.717) is 31.9 Å². The van der Waals surface area contributed by atoms with Crippen molar-refractivity contribution in [3.63, 3.8) is 0 Å². The minimum Gasteiger partial charge on any atom is -0.465 e. The summed E-state index contributed by atoms with van der Waals surface area (Å²) in [5, 5.41) is 2.68. The van der Waals surface area contributed by atoms with Gasteiger partial charge >= 0.3 is 11.9 Å². The van der Waals surface area contributed by atoms with E-state index in [0.717, 1.165) is 4.90 Å². The number of carbonyl (C=O) groups is 4. The zero-order chi connectivity index (χ0) is 22.4. The maximum absolute atomic E-state index is 12.6. The molecule has 0 atom stereocenters. The second kappa shape index (κ2) is 9.90. The maximum Gasteiger partial charge on any atom is 0.339 e. The molecule has 164 valence electrons. The van der Waals surface area contributed by atoms with Gasteiger partial charge in [-0.15, -0.1) is 0 Å². The molecule has 1 aromatic heterocycles. The van der Waals surface area contributed by atoms with Crippen LogP contribution in [0, 0.1) is 0 Å². The number of anilines is 1. The third kappa shape index (κ3) is 5.28. The summed E-state index contributed by atoms with van der Waals surface area (Å²) < 4.78 is 14.6. The number of methoxy groups -OCH3 is 2. The number of hydrogen-bond donors (Lipinski definition) is 2. The molecule has 0 saturated carbocycles. The van der Waals surface area contributed by atoms with E-state index in [-0.39, 0.29) is 35.2 Å². The average molecular weight is 430 g/mol. The zero-order valence-corrected chi connectivity index (χ0v) is 17.3. The highest BCUT2D eigenvalue weighted by Crippen LogP contribution is 2.19. The molecule has 2 amide bonds. The molecule has 0 radical (unpaired) electrons. The number of hydrogen-bond acceptors (Lipinski definition) is 7. The number of nitrogens with zero attached hydrogens (tertiary/aromatic N) is 1. The Morgan fingerprint density at radius 3 is 2.39 bits per heavy atom. The Bertz CT molecular complexity index is 963. The predicted molar refractivity (Wildman–Crippen MR) is 108 cm³/mol. The van der Waals surface area contributed by atoms with E-state index in [4.69, 9.17) is 9.15 Å². The van der Waals surface area contributed by atoms with Crippen molar-refractivity contribution >= 4 is 29.4 Å². The fourth-order valence-corrected chi connectivity index (χ4v) is 3.36. The Morgan fingerprint density at radius 1 is 1.06 bits per heavy atom. The van der Waals surface area contributed by atoms with Crippen molar-refractivity contribution in [1.29, 1.82) is 0 Å². The van der Waals surface area contributed by atoms with Gasteiger partial charge in [0.15, 0.2) is 12.3 Å². The minimum atomic E-state index is -0.635. The SMILES string of the molecule is COC(=O)c1ccc(C(=O)OC)c(NC(=O)C[NH+]2CCN(C(=O)c3ccco3)CC2)c1. The first kappa shape index (κ1) is 22.0. The summed E-state index contributed by atoms with van der Waals surface area (Å²) in [5.74, 6) is -1.43. The molecule has 2 N–H and O–H groups in total. The van der Waals surface area contributed by atoms with Gasteiger partial charge in [-0.1, -0.05) is 0 Å². The van der Waals surface area contributed by atoms with Crippen LogP contribution in [0.25, 0.3) is 0 Å². The van der Waals surface area contributed by atoms with Crippen LogP contribution in [-0.2, 0) is 14.3 Å². The van der Waals surface area contributed by atoms with Crippen LogP contribution < -0.4 is 10.2 Å². The zero-order valence-electron chi connectivity index (χ0n) is 17.3. The third-order valence-electron chi connectivity index (χ3n) is 5.02. The number of furan rings is 1. The van der Waals surface area contributed by atoms with E-state index in [9.17, 15) is 19.2 Å². The third-order valence-corrected chi connectivity index (χ3v) is 5.02. The van der Waals surface area contributed by atoms with Gasteiger partial charge in [0.05, 0.1) is 63.5 Å². The minimum absolute atomic E-state index is 0.132. The number of nitrogens with one attached hydrogen (secondary N) is 2. The molecule has 1 saturated heterocycles. The van der Waals surface area contributed by atoms with Gasteiger partial charge in [0.2, 0.25) is 0 Å². The molecule has 10 nitrogen and oxygen atoms in total. The van der Waals surface area contributed by atoms with Gasteiger partial charge in [-0.2, -0.15) is 0 Å². The highest BCUT2D eigenvalue weighted by molar-refractivity contribution is 6.03. The number of rotatable bonds is 6. The van der Waals surface area contributed by atoms with Crippen molar-refractivity contribution in [1.82, 2.24) is 4.90 Å². The Hall–Kier alpha value is -3.66. The van der Waals surface area contributed by atoms with E-state index in [2.05, 4.69) is 10.1 Å². The summed E-state index contributed by atoms with van der Waals surface area (Å²) in [5.41, 5.74) is 0.501. The average Bonchev–Trinajstić information content (AvgIpc) is 3.33. The van der Waals surface area contributed by atoms with E-state index >= 15 is 0 Å². The lowest BCUT2D eigenvalue weighted by Crippen LogP contribution is -3.15. The van der Waals surface area contributed by atoms with Crippen molar-refractivity contribution < 1.29 is 38.0 Å². The lowest BCUT2D eigenvalue weighted by atomic mass is 10.1. The first-order chi connectivity index (χ1) is 14.9. The number of benzene rings is 1. The normalized spacial score (nSPS) is 14.1. The van der Waals surface area contributed by atoms with Crippen molar-refractivity contribution in [3.8, 4) is 0 Å². The molecule has 0 unspecified atom stereocenters. The lowest BCUT2D eigenvalue weighted by molar-refractivity contribution is -0.895. The van der Waals surface area contributed by atoms with Crippen LogP contribution >= 0.6 is 0 Å². The number of amides is 2.